The fourth-order valence-electron chi connectivity index (χ4n) is 4.31. The van der Waals surface area contributed by atoms with E-state index in [0.717, 1.165) is 0 Å². The Hall–Kier alpha value is -3.75. The second-order valence-corrected chi connectivity index (χ2v) is 12.4. The minimum atomic E-state index is -1.08. The van der Waals surface area contributed by atoms with E-state index in [-0.39, 0.29) is 11.7 Å². The van der Waals surface area contributed by atoms with Gasteiger partial charge in [0, 0.05) is 11.2 Å². The van der Waals surface area contributed by atoms with Gasteiger partial charge in [0.25, 0.3) is 5.91 Å². The first-order chi connectivity index (χ1) is 18.4. The zero-order valence-electron chi connectivity index (χ0n) is 25.4. The van der Waals surface area contributed by atoms with Crippen LogP contribution in [-0.4, -0.2) is 52.2 Å². The summed E-state index contributed by atoms with van der Waals surface area (Å²) in [6.07, 6.45) is -0.369. The summed E-state index contributed by atoms with van der Waals surface area (Å²) in [6.45, 7) is 16.4. The lowest BCUT2D eigenvalue weighted by molar-refractivity contribution is -0.147. The van der Waals surface area contributed by atoms with Crippen LogP contribution in [0.3, 0.4) is 0 Å². The van der Waals surface area contributed by atoms with E-state index in [4.69, 9.17) is 9.47 Å². The van der Waals surface area contributed by atoms with E-state index in [1.807, 2.05) is 34.6 Å². The average molecular weight is 556 g/mol. The van der Waals surface area contributed by atoms with Crippen LogP contribution in [0.25, 0.3) is 0 Å². The van der Waals surface area contributed by atoms with Crippen LogP contribution in [0, 0.1) is 12.8 Å². The normalized spacial score (nSPS) is 13.3. The smallest absolute Gasteiger partial charge is 0.408 e. The lowest BCUT2D eigenvalue weighted by atomic mass is 9.93. The number of phenols is 1. The van der Waals surface area contributed by atoms with Gasteiger partial charge in [-0.25, -0.2) is 4.79 Å². The monoisotopic (exact) mass is 555 g/mol. The Morgan fingerprint density at radius 3 is 2.05 bits per heavy atom. The SMILES string of the molecule is COc1ccc(NC(=O)C(c2ccc(O)c(C)c2)N(C(=O)C(CC(C)C)NC(=O)OC(C)(C)C)C(C)(C)C)cc1. The number of amides is 3. The molecule has 0 aromatic heterocycles. The van der Waals surface area contributed by atoms with E-state index >= 15 is 0 Å². The molecule has 0 radical (unpaired) electrons. The molecule has 0 bridgehead atoms. The van der Waals surface area contributed by atoms with Crippen molar-refractivity contribution in [2.75, 3.05) is 12.4 Å². The van der Waals surface area contributed by atoms with Crippen molar-refractivity contribution in [1.29, 1.82) is 0 Å². The van der Waals surface area contributed by atoms with Gasteiger partial charge in [-0.1, -0.05) is 19.9 Å². The van der Waals surface area contributed by atoms with E-state index in [0.29, 0.717) is 29.0 Å². The molecule has 2 atom stereocenters. The van der Waals surface area contributed by atoms with Gasteiger partial charge < -0.3 is 30.1 Å². The Balaban J connectivity index is 2.61. The Morgan fingerprint density at radius 2 is 1.57 bits per heavy atom. The molecule has 0 aliphatic carbocycles. The Labute approximate surface area is 238 Å². The molecule has 0 fully saturated rings. The van der Waals surface area contributed by atoms with Crippen LogP contribution in [0.1, 0.15) is 79.0 Å². The third kappa shape index (κ3) is 9.17. The lowest BCUT2D eigenvalue weighted by Crippen LogP contribution is -2.58. The zero-order valence-corrected chi connectivity index (χ0v) is 25.4. The summed E-state index contributed by atoms with van der Waals surface area (Å²) >= 11 is 0. The van der Waals surface area contributed by atoms with Gasteiger partial charge in [0.2, 0.25) is 5.91 Å². The van der Waals surface area contributed by atoms with Gasteiger partial charge in [-0.3, -0.25) is 9.59 Å². The summed E-state index contributed by atoms with van der Waals surface area (Å²) in [5.74, 6) is -0.0871. The van der Waals surface area contributed by atoms with Crippen LogP contribution in [-0.2, 0) is 14.3 Å². The number of carbonyl (C=O) groups is 3. The molecule has 0 aliphatic heterocycles. The van der Waals surface area contributed by atoms with E-state index in [1.54, 1.807) is 71.2 Å². The van der Waals surface area contributed by atoms with Crippen LogP contribution >= 0.6 is 0 Å². The summed E-state index contributed by atoms with van der Waals surface area (Å²) in [7, 11) is 1.56. The number of phenolic OH excluding ortho intramolecular Hbond substituents is 1. The number of aryl methyl sites for hydroxylation is 1. The quantitative estimate of drug-likeness (QED) is 0.352. The standard InChI is InChI=1S/C31H45N3O6/c1-19(2)17-24(33-29(38)40-31(7,8)9)28(37)34(30(4,5)6)26(21-11-16-25(35)20(3)18-21)27(36)32-22-12-14-23(39-10)15-13-22/h11-16,18-19,24,26,35H,17H2,1-10H3,(H,32,36)(H,33,38). The first-order valence-corrected chi connectivity index (χ1v) is 13.5. The summed E-state index contributed by atoms with van der Waals surface area (Å²) < 4.78 is 10.7. The number of hydrogen-bond acceptors (Lipinski definition) is 6. The minimum absolute atomic E-state index is 0.0631. The van der Waals surface area contributed by atoms with Crippen molar-refractivity contribution < 1.29 is 29.0 Å². The first kappa shape index (κ1) is 32.5. The van der Waals surface area contributed by atoms with Gasteiger partial charge in [0.15, 0.2) is 0 Å². The molecule has 2 rings (SSSR count). The van der Waals surface area contributed by atoms with Crippen molar-refractivity contribution in [3.8, 4) is 11.5 Å². The van der Waals surface area contributed by atoms with Crippen LogP contribution in [0.15, 0.2) is 42.5 Å². The molecule has 9 nitrogen and oxygen atoms in total. The fourth-order valence-corrected chi connectivity index (χ4v) is 4.31. The number of benzene rings is 2. The second kappa shape index (κ2) is 13.1. The number of hydrogen-bond donors (Lipinski definition) is 3. The largest absolute Gasteiger partial charge is 0.508 e. The first-order valence-electron chi connectivity index (χ1n) is 13.5. The van der Waals surface area contributed by atoms with Gasteiger partial charge in [0.1, 0.15) is 29.2 Å². The van der Waals surface area contributed by atoms with Gasteiger partial charge in [0.05, 0.1) is 7.11 Å². The third-order valence-corrected chi connectivity index (χ3v) is 6.06. The van der Waals surface area contributed by atoms with Gasteiger partial charge in [-0.2, -0.15) is 0 Å². The number of nitrogens with one attached hydrogen (secondary N) is 2. The summed E-state index contributed by atoms with van der Waals surface area (Å²) in [6, 6.07) is 9.69. The molecule has 0 aliphatic rings. The summed E-state index contributed by atoms with van der Waals surface area (Å²) in [5, 5.41) is 15.9. The number of aromatic hydroxyl groups is 1. The van der Waals surface area contributed by atoms with Crippen LogP contribution in [0.5, 0.6) is 11.5 Å². The van der Waals surface area contributed by atoms with Crippen molar-refractivity contribution >= 4 is 23.6 Å². The molecule has 0 heterocycles. The number of rotatable bonds is 9. The number of alkyl carbamates (subject to hydrolysis) is 1. The van der Waals surface area contributed by atoms with Gasteiger partial charge in [-0.05, 0) is 108 Å². The second-order valence-electron chi connectivity index (χ2n) is 12.4. The highest BCUT2D eigenvalue weighted by Gasteiger charge is 2.42. The Kier molecular flexibility index (Phi) is 10.6. The highest BCUT2D eigenvalue weighted by molar-refractivity contribution is 5.99. The number of carbonyl (C=O) groups excluding carboxylic acids is 3. The molecule has 40 heavy (non-hydrogen) atoms. The van der Waals surface area contributed by atoms with Crippen molar-refractivity contribution in [2.45, 2.75) is 92.0 Å². The number of anilines is 1. The van der Waals surface area contributed by atoms with Crippen molar-refractivity contribution in [3.05, 3.63) is 53.6 Å². The molecular weight excluding hydrogens is 510 g/mol. The number of methoxy groups -OCH3 is 1. The maximum Gasteiger partial charge on any atom is 0.408 e. The summed E-state index contributed by atoms with van der Waals surface area (Å²) in [4.78, 5) is 42.6. The Morgan fingerprint density at radius 1 is 0.975 bits per heavy atom. The molecular formula is C31H45N3O6. The van der Waals surface area contributed by atoms with Crippen LogP contribution in [0.2, 0.25) is 0 Å². The number of ether oxygens (including phenoxy) is 2. The molecule has 2 aromatic carbocycles. The van der Waals surface area contributed by atoms with E-state index in [1.165, 1.54) is 11.0 Å². The maximum atomic E-state index is 14.3. The predicted molar refractivity (Wildman–Crippen MR) is 156 cm³/mol. The molecule has 2 unspecified atom stereocenters. The van der Waals surface area contributed by atoms with Crippen LogP contribution < -0.4 is 15.4 Å². The minimum Gasteiger partial charge on any atom is -0.508 e. The highest BCUT2D eigenvalue weighted by atomic mass is 16.6. The molecule has 0 saturated heterocycles. The predicted octanol–water partition coefficient (Wildman–Crippen LogP) is 5.96. The van der Waals surface area contributed by atoms with Crippen molar-refractivity contribution in [3.63, 3.8) is 0 Å². The average Bonchev–Trinajstić information content (AvgIpc) is 2.81. The molecule has 2 aromatic rings. The Bertz CT molecular complexity index is 1180. The molecule has 3 amide bonds. The lowest BCUT2D eigenvalue weighted by Gasteiger charge is -2.43. The van der Waals surface area contributed by atoms with E-state index in [9.17, 15) is 19.5 Å². The third-order valence-electron chi connectivity index (χ3n) is 6.06. The molecule has 0 saturated carbocycles. The summed E-state index contributed by atoms with van der Waals surface area (Å²) in [5.41, 5.74) is 0.0224. The van der Waals surface area contributed by atoms with Gasteiger partial charge >= 0.3 is 6.09 Å². The zero-order chi connectivity index (χ0) is 30.4. The topological polar surface area (TPSA) is 117 Å². The van der Waals surface area contributed by atoms with Gasteiger partial charge in [-0.15, -0.1) is 0 Å². The van der Waals surface area contributed by atoms with E-state index < -0.39 is 41.1 Å². The highest BCUT2D eigenvalue weighted by Crippen LogP contribution is 2.33. The number of nitrogens with zero attached hydrogens (tertiary/aromatic N) is 1. The molecule has 3 N–H and O–H groups in total. The van der Waals surface area contributed by atoms with Crippen molar-refractivity contribution in [1.82, 2.24) is 10.2 Å². The molecule has 220 valence electrons. The fraction of sp³-hybridized carbons (Fsp3) is 0.516. The van der Waals surface area contributed by atoms with Crippen molar-refractivity contribution in [2.24, 2.45) is 5.92 Å². The van der Waals surface area contributed by atoms with E-state index in [2.05, 4.69) is 10.6 Å². The molecule has 9 heteroatoms. The molecule has 0 spiro atoms. The maximum absolute atomic E-state index is 14.3. The van der Waals surface area contributed by atoms with Crippen LogP contribution in [0.4, 0.5) is 10.5 Å².